The predicted octanol–water partition coefficient (Wildman–Crippen LogP) is 0.689. The molecule has 3 nitrogen and oxygen atoms in total. The molecule has 84 valence electrons. The van der Waals surface area contributed by atoms with Crippen LogP contribution in [0.15, 0.2) is 0 Å². The predicted molar refractivity (Wildman–Crippen MR) is 59.4 cm³/mol. The molecule has 0 bridgehead atoms. The van der Waals surface area contributed by atoms with Gasteiger partial charge in [0.1, 0.15) is 0 Å². The van der Waals surface area contributed by atoms with Crippen molar-refractivity contribution in [3.05, 3.63) is 0 Å². The molecular weight excluding hydrogens is 176 g/mol. The molecule has 1 rings (SSSR count). The third-order valence-electron chi connectivity index (χ3n) is 3.24. The molecule has 1 fully saturated rings. The summed E-state index contributed by atoms with van der Waals surface area (Å²) in [7, 11) is 2.05. The highest BCUT2D eigenvalue weighted by Gasteiger charge is 2.24. The Morgan fingerprint density at radius 3 is 2.79 bits per heavy atom. The molecule has 2 N–H and O–H groups in total. The first-order chi connectivity index (χ1) is 6.80. The van der Waals surface area contributed by atoms with E-state index in [0.717, 1.165) is 18.9 Å². The summed E-state index contributed by atoms with van der Waals surface area (Å²) in [4.78, 5) is 2.51. The van der Waals surface area contributed by atoms with E-state index < -0.39 is 0 Å². The Balaban J connectivity index is 2.35. The van der Waals surface area contributed by atoms with Gasteiger partial charge in [0, 0.05) is 25.7 Å². The lowest BCUT2D eigenvalue weighted by Gasteiger charge is -2.37. The van der Waals surface area contributed by atoms with Crippen molar-refractivity contribution in [2.24, 2.45) is 5.92 Å². The minimum Gasteiger partial charge on any atom is -0.396 e. The molecule has 0 aliphatic carbocycles. The lowest BCUT2D eigenvalue weighted by atomic mass is 9.90. The third kappa shape index (κ3) is 3.56. The molecule has 1 aliphatic rings. The van der Waals surface area contributed by atoms with Gasteiger partial charge in [-0.1, -0.05) is 6.92 Å². The minimum atomic E-state index is 0.340. The maximum absolute atomic E-state index is 8.81. The summed E-state index contributed by atoms with van der Waals surface area (Å²) in [5, 5.41) is 12.2. The van der Waals surface area contributed by atoms with E-state index in [-0.39, 0.29) is 0 Å². The van der Waals surface area contributed by atoms with Gasteiger partial charge in [0.25, 0.3) is 0 Å². The minimum absolute atomic E-state index is 0.340. The molecule has 2 unspecified atom stereocenters. The fraction of sp³-hybridized carbons (Fsp3) is 1.00. The van der Waals surface area contributed by atoms with Crippen LogP contribution in [-0.2, 0) is 0 Å². The van der Waals surface area contributed by atoms with Crippen molar-refractivity contribution in [3.63, 3.8) is 0 Å². The second-order valence-corrected chi connectivity index (χ2v) is 4.31. The molecule has 0 aromatic heterocycles. The van der Waals surface area contributed by atoms with Crippen molar-refractivity contribution in [2.75, 3.05) is 33.3 Å². The Kier molecular flexibility index (Phi) is 5.45. The Bertz CT molecular complexity index is 140. The molecule has 0 spiro atoms. The van der Waals surface area contributed by atoms with Crippen LogP contribution in [0.4, 0.5) is 0 Å². The first-order valence-corrected chi connectivity index (χ1v) is 5.80. The number of likely N-dealkylation sites (tertiary alicyclic amines) is 1. The number of hydrogen-bond donors (Lipinski definition) is 2. The zero-order chi connectivity index (χ0) is 10.4. The fourth-order valence-electron chi connectivity index (χ4n) is 2.36. The average molecular weight is 200 g/mol. The number of aliphatic hydroxyl groups excluding tert-OH is 1. The second-order valence-electron chi connectivity index (χ2n) is 4.31. The lowest BCUT2D eigenvalue weighted by molar-refractivity contribution is 0.138. The number of nitrogens with one attached hydrogen (secondary N) is 1. The quantitative estimate of drug-likeness (QED) is 0.685. The number of rotatable bonds is 5. The van der Waals surface area contributed by atoms with E-state index in [1.807, 2.05) is 7.05 Å². The average Bonchev–Trinajstić information content (AvgIpc) is 2.25. The molecule has 0 amide bonds. The summed E-state index contributed by atoms with van der Waals surface area (Å²) >= 11 is 0. The fourth-order valence-corrected chi connectivity index (χ4v) is 2.36. The van der Waals surface area contributed by atoms with E-state index in [1.54, 1.807) is 0 Å². The van der Waals surface area contributed by atoms with Crippen molar-refractivity contribution < 1.29 is 5.11 Å². The smallest absolute Gasteiger partial charge is 0.0431 e. The molecule has 1 saturated heterocycles. The van der Waals surface area contributed by atoms with Gasteiger partial charge in [0.2, 0.25) is 0 Å². The topological polar surface area (TPSA) is 35.5 Å². The van der Waals surface area contributed by atoms with Crippen LogP contribution >= 0.6 is 0 Å². The normalized spacial score (nSPS) is 29.4. The molecule has 0 radical (unpaired) electrons. The molecule has 0 saturated carbocycles. The van der Waals surface area contributed by atoms with Gasteiger partial charge >= 0.3 is 0 Å². The van der Waals surface area contributed by atoms with Gasteiger partial charge in [-0.25, -0.2) is 0 Å². The molecular formula is C11H24N2O. The third-order valence-corrected chi connectivity index (χ3v) is 3.24. The van der Waals surface area contributed by atoms with Crippen LogP contribution < -0.4 is 5.32 Å². The van der Waals surface area contributed by atoms with Gasteiger partial charge in [-0.05, 0) is 38.8 Å². The lowest BCUT2D eigenvalue weighted by Crippen LogP contribution is -2.48. The summed E-state index contributed by atoms with van der Waals surface area (Å²) in [5.41, 5.74) is 0. The monoisotopic (exact) mass is 200 g/mol. The van der Waals surface area contributed by atoms with Crippen LogP contribution in [0.3, 0.4) is 0 Å². The van der Waals surface area contributed by atoms with Gasteiger partial charge in [-0.3, -0.25) is 0 Å². The van der Waals surface area contributed by atoms with E-state index in [9.17, 15) is 0 Å². The highest BCUT2D eigenvalue weighted by Crippen LogP contribution is 2.20. The van der Waals surface area contributed by atoms with E-state index in [2.05, 4.69) is 17.1 Å². The summed E-state index contributed by atoms with van der Waals surface area (Å²) < 4.78 is 0. The highest BCUT2D eigenvalue weighted by molar-refractivity contribution is 4.82. The van der Waals surface area contributed by atoms with E-state index >= 15 is 0 Å². The van der Waals surface area contributed by atoms with Crippen LogP contribution in [0.1, 0.15) is 26.2 Å². The van der Waals surface area contributed by atoms with Crippen LogP contribution in [0.5, 0.6) is 0 Å². The first-order valence-electron chi connectivity index (χ1n) is 5.80. The van der Waals surface area contributed by atoms with Gasteiger partial charge in [0.05, 0.1) is 0 Å². The van der Waals surface area contributed by atoms with Gasteiger partial charge < -0.3 is 15.3 Å². The summed E-state index contributed by atoms with van der Waals surface area (Å²) in [6.07, 6.45) is 3.40. The van der Waals surface area contributed by atoms with Crippen LogP contribution in [0, 0.1) is 5.92 Å². The van der Waals surface area contributed by atoms with Crippen molar-refractivity contribution in [1.82, 2.24) is 10.2 Å². The molecule has 1 aliphatic heterocycles. The van der Waals surface area contributed by atoms with Crippen molar-refractivity contribution in [2.45, 2.75) is 32.2 Å². The van der Waals surface area contributed by atoms with Gasteiger partial charge in [0.15, 0.2) is 0 Å². The Morgan fingerprint density at radius 2 is 2.21 bits per heavy atom. The SMILES string of the molecule is CCN1CC(CCCO)CC(NC)C1. The van der Waals surface area contributed by atoms with Crippen LogP contribution in [0.25, 0.3) is 0 Å². The van der Waals surface area contributed by atoms with E-state index in [0.29, 0.717) is 12.6 Å². The maximum atomic E-state index is 8.81. The molecule has 0 aromatic carbocycles. The number of likely N-dealkylation sites (N-methyl/N-ethyl adjacent to an activating group) is 2. The zero-order valence-electron chi connectivity index (χ0n) is 9.50. The molecule has 3 heteroatoms. The second kappa shape index (κ2) is 6.38. The highest BCUT2D eigenvalue weighted by atomic mass is 16.2. The first kappa shape index (κ1) is 12.0. The molecule has 2 atom stereocenters. The molecule has 1 heterocycles. The number of piperidine rings is 1. The number of nitrogens with zero attached hydrogens (tertiary/aromatic N) is 1. The van der Waals surface area contributed by atoms with Crippen molar-refractivity contribution >= 4 is 0 Å². The van der Waals surface area contributed by atoms with E-state index in [4.69, 9.17) is 5.11 Å². The van der Waals surface area contributed by atoms with Crippen LogP contribution in [-0.4, -0.2) is 49.3 Å². The summed E-state index contributed by atoms with van der Waals surface area (Å²) in [5.74, 6) is 0.772. The molecule has 0 aromatic rings. The zero-order valence-corrected chi connectivity index (χ0v) is 9.50. The summed E-state index contributed by atoms with van der Waals surface area (Å²) in [6, 6.07) is 0.646. The maximum Gasteiger partial charge on any atom is 0.0431 e. The largest absolute Gasteiger partial charge is 0.396 e. The van der Waals surface area contributed by atoms with Crippen molar-refractivity contribution in [1.29, 1.82) is 0 Å². The summed E-state index contributed by atoms with van der Waals surface area (Å²) in [6.45, 7) is 6.11. The van der Waals surface area contributed by atoms with E-state index in [1.165, 1.54) is 25.9 Å². The number of hydrogen-bond acceptors (Lipinski definition) is 3. The molecule has 14 heavy (non-hydrogen) atoms. The van der Waals surface area contributed by atoms with Crippen molar-refractivity contribution in [3.8, 4) is 0 Å². The number of aliphatic hydroxyl groups is 1. The van der Waals surface area contributed by atoms with Crippen LogP contribution in [0.2, 0.25) is 0 Å². The Hall–Kier alpha value is -0.120. The standard InChI is InChI=1S/C11H24N2O/c1-3-13-8-10(5-4-6-14)7-11(9-13)12-2/h10-12,14H,3-9H2,1-2H3. The Labute approximate surface area is 87.5 Å². The van der Waals surface area contributed by atoms with Gasteiger partial charge in [-0.15, -0.1) is 0 Å². The van der Waals surface area contributed by atoms with Gasteiger partial charge in [-0.2, -0.15) is 0 Å². The Morgan fingerprint density at radius 1 is 1.43 bits per heavy atom.